The van der Waals surface area contributed by atoms with Gasteiger partial charge in [-0.3, -0.25) is 4.79 Å². The molecule has 3 rings (SSSR count). The highest BCUT2D eigenvalue weighted by Crippen LogP contribution is 2.44. The van der Waals surface area contributed by atoms with Gasteiger partial charge in [-0.25, -0.2) is 0 Å². The summed E-state index contributed by atoms with van der Waals surface area (Å²) in [6, 6.07) is 6.27. The summed E-state index contributed by atoms with van der Waals surface area (Å²) in [6.07, 6.45) is 4.98. The summed E-state index contributed by atoms with van der Waals surface area (Å²) in [6.45, 7) is 8.22. The Bertz CT molecular complexity index is 930. The van der Waals surface area contributed by atoms with E-state index in [4.69, 9.17) is 15.2 Å². The third-order valence-corrected chi connectivity index (χ3v) is 6.98. The predicted molar refractivity (Wildman–Crippen MR) is 128 cm³/mol. The summed E-state index contributed by atoms with van der Waals surface area (Å²) in [7, 11) is 3.31. The monoisotopic (exact) mass is 444 g/mol. The zero-order chi connectivity index (χ0) is 22.8. The number of nitrogens with two attached hydrogens (primary N) is 1. The molecule has 0 aliphatic heterocycles. The van der Waals surface area contributed by atoms with Crippen LogP contribution in [0.2, 0.25) is 0 Å². The summed E-state index contributed by atoms with van der Waals surface area (Å²) >= 11 is 1.61. The zero-order valence-corrected chi connectivity index (χ0v) is 20.4. The summed E-state index contributed by atoms with van der Waals surface area (Å²) in [5, 5.41) is 3.15. The van der Waals surface area contributed by atoms with E-state index >= 15 is 0 Å². The van der Waals surface area contributed by atoms with Crippen LogP contribution in [0.25, 0.3) is 0 Å². The largest absolute Gasteiger partial charge is 0.493 e. The number of unbranched alkanes of at least 4 members (excludes halogenated alkanes) is 1. The molecule has 2 aromatic rings. The molecule has 0 spiro atoms. The average Bonchev–Trinajstić information content (AvgIpc) is 3.13. The first kappa shape index (κ1) is 23.6. The Balaban J connectivity index is 2.12. The van der Waals surface area contributed by atoms with Crippen molar-refractivity contribution in [1.82, 2.24) is 5.32 Å². The molecule has 3 N–H and O–H groups in total. The summed E-state index contributed by atoms with van der Waals surface area (Å²) < 4.78 is 11.1. The Labute approximate surface area is 190 Å². The van der Waals surface area contributed by atoms with E-state index in [9.17, 15) is 4.79 Å². The number of benzene rings is 1. The third-order valence-electron chi connectivity index (χ3n) is 5.77. The van der Waals surface area contributed by atoms with Gasteiger partial charge in [-0.1, -0.05) is 13.3 Å². The van der Waals surface area contributed by atoms with Gasteiger partial charge in [0.1, 0.15) is 0 Å². The Morgan fingerprint density at radius 2 is 1.84 bits per heavy atom. The topological polar surface area (TPSA) is 73.6 Å². The van der Waals surface area contributed by atoms with Crippen molar-refractivity contribution in [1.29, 1.82) is 0 Å². The molecule has 6 heteroatoms. The van der Waals surface area contributed by atoms with E-state index in [2.05, 4.69) is 24.4 Å². The van der Waals surface area contributed by atoms with Gasteiger partial charge < -0.3 is 20.5 Å². The fourth-order valence-corrected chi connectivity index (χ4v) is 5.44. The molecule has 170 valence electrons. The highest BCUT2D eigenvalue weighted by molar-refractivity contribution is 7.14. The van der Waals surface area contributed by atoms with E-state index in [1.165, 1.54) is 10.4 Å². The van der Waals surface area contributed by atoms with Crippen LogP contribution in [-0.2, 0) is 12.8 Å². The zero-order valence-electron chi connectivity index (χ0n) is 19.6. The maximum absolute atomic E-state index is 13.3. The minimum atomic E-state index is -0.300. The van der Waals surface area contributed by atoms with Gasteiger partial charge in [-0.05, 0) is 81.3 Å². The minimum absolute atomic E-state index is 0.0185. The Kier molecular flexibility index (Phi) is 7.32. The summed E-state index contributed by atoms with van der Waals surface area (Å²) in [4.78, 5) is 15.3. The second-order valence-corrected chi connectivity index (χ2v) is 10.5. The molecule has 1 heterocycles. The standard InChI is InChI=1S/C25H36N2O3S/c1-7-8-9-16-13-18(23(31-16)24(28)27-25(2,3)4)22-17-14-21(30-6)20(29-5)12-15(17)10-11-19(22)26/h12-14,19,22H,7-11,26H2,1-6H3,(H,27,28)/t19-,22+/m0/s1. The van der Waals surface area contributed by atoms with Crippen molar-refractivity contribution >= 4 is 17.2 Å². The van der Waals surface area contributed by atoms with E-state index in [0.29, 0.717) is 5.75 Å². The molecule has 0 bridgehead atoms. The second-order valence-electron chi connectivity index (χ2n) is 9.39. The van der Waals surface area contributed by atoms with Crippen LogP contribution in [0.5, 0.6) is 11.5 Å². The highest BCUT2D eigenvalue weighted by atomic mass is 32.1. The number of nitrogens with one attached hydrogen (secondary N) is 1. The molecule has 0 saturated carbocycles. The number of hydrogen-bond acceptors (Lipinski definition) is 5. The third kappa shape index (κ3) is 5.24. The minimum Gasteiger partial charge on any atom is -0.493 e. The van der Waals surface area contributed by atoms with Crippen molar-refractivity contribution in [3.05, 3.63) is 44.6 Å². The number of fused-ring (bicyclic) bond motifs is 1. The van der Waals surface area contributed by atoms with Crippen molar-refractivity contribution in [2.75, 3.05) is 14.2 Å². The Morgan fingerprint density at radius 3 is 2.45 bits per heavy atom. The first-order valence-corrected chi connectivity index (χ1v) is 12.0. The smallest absolute Gasteiger partial charge is 0.262 e. The van der Waals surface area contributed by atoms with Crippen LogP contribution in [0.1, 0.15) is 84.1 Å². The van der Waals surface area contributed by atoms with Crippen molar-refractivity contribution in [3.8, 4) is 11.5 Å². The van der Waals surface area contributed by atoms with Gasteiger partial charge in [0.15, 0.2) is 11.5 Å². The maximum atomic E-state index is 13.3. The first-order chi connectivity index (χ1) is 14.7. The molecule has 1 amide bonds. The molecule has 0 unspecified atom stereocenters. The SMILES string of the molecule is CCCCc1cc([C@H]2c3cc(OC)c(OC)cc3CC[C@@H]2N)c(C(=O)NC(C)(C)C)s1. The van der Waals surface area contributed by atoms with E-state index in [-0.39, 0.29) is 23.4 Å². The molecular formula is C25H36N2O3S. The van der Waals surface area contributed by atoms with Gasteiger partial charge in [0.2, 0.25) is 0 Å². The molecule has 1 aromatic heterocycles. The van der Waals surface area contributed by atoms with Crippen molar-refractivity contribution in [2.45, 2.75) is 77.3 Å². The lowest BCUT2D eigenvalue weighted by molar-refractivity contribution is 0.0922. The molecule has 0 saturated heterocycles. The molecule has 2 atom stereocenters. The molecule has 1 aliphatic rings. The molecular weight excluding hydrogens is 408 g/mol. The van der Waals surface area contributed by atoms with E-state index in [1.807, 2.05) is 26.8 Å². The number of methoxy groups -OCH3 is 2. The quantitative estimate of drug-likeness (QED) is 0.627. The van der Waals surface area contributed by atoms with Crippen LogP contribution in [-0.4, -0.2) is 31.7 Å². The fourth-order valence-electron chi connectivity index (χ4n) is 4.30. The normalized spacial score (nSPS) is 18.4. The molecule has 1 aliphatic carbocycles. The molecule has 0 radical (unpaired) electrons. The first-order valence-electron chi connectivity index (χ1n) is 11.1. The van der Waals surface area contributed by atoms with Gasteiger partial charge in [0.05, 0.1) is 19.1 Å². The van der Waals surface area contributed by atoms with Crippen LogP contribution in [0, 0.1) is 0 Å². The number of ether oxygens (including phenoxy) is 2. The van der Waals surface area contributed by atoms with Crippen LogP contribution in [0.4, 0.5) is 0 Å². The summed E-state index contributed by atoms with van der Waals surface area (Å²) in [5.41, 5.74) is 9.79. The van der Waals surface area contributed by atoms with Gasteiger partial charge >= 0.3 is 0 Å². The molecule has 31 heavy (non-hydrogen) atoms. The number of amides is 1. The fraction of sp³-hybridized carbons (Fsp3) is 0.560. The molecule has 0 fully saturated rings. The number of carbonyl (C=O) groups excluding carboxylic acids is 1. The number of rotatable bonds is 7. The number of carbonyl (C=O) groups is 1. The number of thiophene rings is 1. The number of aryl methyl sites for hydroxylation is 2. The molecule has 5 nitrogen and oxygen atoms in total. The van der Waals surface area contributed by atoms with E-state index in [1.54, 1.807) is 25.6 Å². The van der Waals surface area contributed by atoms with Crippen LogP contribution >= 0.6 is 11.3 Å². The Hall–Kier alpha value is -2.05. The van der Waals surface area contributed by atoms with Crippen LogP contribution < -0.4 is 20.5 Å². The van der Waals surface area contributed by atoms with E-state index < -0.39 is 0 Å². The van der Waals surface area contributed by atoms with Crippen molar-refractivity contribution in [2.24, 2.45) is 5.73 Å². The van der Waals surface area contributed by atoms with E-state index in [0.717, 1.165) is 53.9 Å². The van der Waals surface area contributed by atoms with Crippen LogP contribution in [0.15, 0.2) is 18.2 Å². The lowest BCUT2D eigenvalue weighted by atomic mass is 9.75. The highest BCUT2D eigenvalue weighted by Gasteiger charge is 2.34. The molecule has 1 aromatic carbocycles. The van der Waals surface area contributed by atoms with Gasteiger partial charge in [-0.15, -0.1) is 11.3 Å². The van der Waals surface area contributed by atoms with Crippen molar-refractivity contribution in [3.63, 3.8) is 0 Å². The second kappa shape index (κ2) is 9.61. The predicted octanol–water partition coefficient (Wildman–Crippen LogP) is 5.04. The van der Waals surface area contributed by atoms with Crippen LogP contribution in [0.3, 0.4) is 0 Å². The summed E-state index contributed by atoms with van der Waals surface area (Å²) in [5.74, 6) is 1.36. The maximum Gasteiger partial charge on any atom is 0.262 e. The number of hydrogen-bond donors (Lipinski definition) is 2. The lowest BCUT2D eigenvalue weighted by Crippen LogP contribution is -2.41. The lowest BCUT2D eigenvalue weighted by Gasteiger charge is -2.32. The van der Waals surface area contributed by atoms with Gasteiger partial charge in [-0.2, -0.15) is 0 Å². The van der Waals surface area contributed by atoms with Gasteiger partial charge in [0, 0.05) is 22.4 Å². The van der Waals surface area contributed by atoms with Gasteiger partial charge in [0.25, 0.3) is 5.91 Å². The average molecular weight is 445 g/mol. The Morgan fingerprint density at radius 1 is 1.16 bits per heavy atom. The van der Waals surface area contributed by atoms with Crippen molar-refractivity contribution < 1.29 is 14.3 Å².